The zero-order valence-corrected chi connectivity index (χ0v) is 9.90. The van der Waals surface area contributed by atoms with Crippen LogP contribution in [0.5, 0.6) is 0 Å². The number of benzene rings is 1. The Balaban J connectivity index is 2.33. The van der Waals surface area contributed by atoms with Crippen molar-refractivity contribution in [3.8, 4) is 6.07 Å². The van der Waals surface area contributed by atoms with Crippen molar-refractivity contribution in [2.24, 2.45) is 0 Å². The zero-order chi connectivity index (χ0) is 13.2. The quantitative estimate of drug-likeness (QED) is 0.702. The largest absolute Gasteiger partial charge is 0.397 e. The van der Waals surface area contributed by atoms with Crippen molar-refractivity contribution in [1.82, 2.24) is 9.97 Å². The molecule has 7 nitrogen and oxygen atoms in total. The number of rotatable bonds is 3. The van der Waals surface area contributed by atoms with Crippen LogP contribution < -0.4 is 10.5 Å². The number of nitrogen functional groups attached to an aromatic ring is 1. The first-order valence-electron chi connectivity index (χ1n) is 4.84. The topological polar surface area (TPSA) is 125 Å². The highest BCUT2D eigenvalue weighted by molar-refractivity contribution is 7.92. The van der Waals surface area contributed by atoms with Gasteiger partial charge in [-0.2, -0.15) is 13.7 Å². The molecule has 0 aliphatic heterocycles. The van der Waals surface area contributed by atoms with E-state index >= 15 is 0 Å². The number of aromatic nitrogens is 2. The fourth-order valence-electron chi connectivity index (χ4n) is 1.32. The SMILES string of the molecule is N#Cc1ccc(NS(=O)(=O)c2cnc[nH]2)c(N)c1. The predicted molar refractivity (Wildman–Crippen MR) is 65.0 cm³/mol. The second-order valence-corrected chi connectivity index (χ2v) is 5.09. The van der Waals surface area contributed by atoms with Crippen molar-refractivity contribution in [3.05, 3.63) is 36.3 Å². The molecular formula is C10H9N5O2S. The molecule has 8 heteroatoms. The van der Waals surface area contributed by atoms with E-state index in [0.29, 0.717) is 5.56 Å². The highest BCUT2D eigenvalue weighted by Gasteiger charge is 2.16. The van der Waals surface area contributed by atoms with Gasteiger partial charge in [-0.05, 0) is 18.2 Å². The molecule has 2 aromatic rings. The van der Waals surface area contributed by atoms with Gasteiger partial charge in [0.25, 0.3) is 10.0 Å². The smallest absolute Gasteiger partial charge is 0.279 e. The molecule has 0 atom stereocenters. The third-order valence-electron chi connectivity index (χ3n) is 2.19. The second-order valence-electron chi connectivity index (χ2n) is 3.44. The van der Waals surface area contributed by atoms with Gasteiger partial charge in [0.1, 0.15) is 0 Å². The minimum absolute atomic E-state index is 0.0636. The van der Waals surface area contributed by atoms with E-state index in [2.05, 4.69) is 14.7 Å². The van der Waals surface area contributed by atoms with Crippen molar-refractivity contribution >= 4 is 21.4 Å². The molecule has 1 aromatic heterocycles. The Morgan fingerprint density at radius 2 is 2.22 bits per heavy atom. The molecule has 2 rings (SSSR count). The Labute approximate surface area is 103 Å². The van der Waals surface area contributed by atoms with Crippen molar-refractivity contribution < 1.29 is 8.42 Å². The molecule has 0 bridgehead atoms. The highest BCUT2D eigenvalue weighted by atomic mass is 32.2. The molecule has 1 heterocycles. The fourth-order valence-corrected chi connectivity index (χ4v) is 2.31. The predicted octanol–water partition coefficient (Wildman–Crippen LogP) is 0.664. The van der Waals surface area contributed by atoms with Crippen LogP contribution in [0.4, 0.5) is 11.4 Å². The van der Waals surface area contributed by atoms with Gasteiger partial charge in [0.2, 0.25) is 0 Å². The van der Waals surface area contributed by atoms with Gasteiger partial charge in [0.05, 0.1) is 35.5 Å². The zero-order valence-electron chi connectivity index (χ0n) is 9.08. The number of hydrogen-bond acceptors (Lipinski definition) is 5. The van der Waals surface area contributed by atoms with E-state index in [-0.39, 0.29) is 16.4 Å². The molecule has 0 unspecified atom stereocenters. The third-order valence-corrected chi connectivity index (χ3v) is 3.48. The molecule has 0 aliphatic rings. The first kappa shape index (κ1) is 11.9. The van der Waals surface area contributed by atoms with Crippen LogP contribution in [0, 0.1) is 11.3 Å². The maximum atomic E-state index is 11.9. The highest BCUT2D eigenvalue weighted by Crippen LogP contribution is 2.22. The molecule has 0 spiro atoms. The number of aromatic amines is 1. The van der Waals surface area contributed by atoms with Gasteiger partial charge in [-0.3, -0.25) is 4.72 Å². The molecule has 18 heavy (non-hydrogen) atoms. The van der Waals surface area contributed by atoms with E-state index in [1.165, 1.54) is 30.7 Å². The number of nitrogens with zero attached hydrogens (tertiary/aromatic N) is 2. The molecule has 0 fully saturated rings. The number of nitrogens with one attached hydrogen (secondary N) is 2. The van der Waals surface area contributed by atoms with E-state index in [1.54, 1.807) is 0 Å². The lowest BCUT2D eigenvalue weighted by Crippen LogP contribution is -2.14. The van der Waals surface area contributed by atoms with Crippen LogP contribution in [0.15, 0.2) is 35.7 Å². The number of hydrogen-bond donors (Lipinski definition) is 3. The lowest BCUT2D eigenvalue weighted by molar-refractivity contribution is 0.598. The fraction of sp³-hybridized carbons (Fsp3) is 0. The number of anilines is 2. The van der Waals surface area contributed by atoms with E-state index in [9.17, 15) is 8.42 Å². The van der Waals surface area contributed by atoms with Gasteiger partial charge in [-0.15, -0.1) is 0 Å². The van der Waals surface area contributed by atoms with Crippen LogP contribution in [0.3, 0.4) is 0 Å². The maximum Gasteiger partial charge on any atom is 0.279 e. The first-order valence-corrected chi connectivity index (χ1v) is 6.32. The van der Waals surface area contributed by atoms with Gasteiger partial charge in [-0.1, -0.05) is 0 Å². The number of sulfonamides is 1. The molecule has 92 valence electrons. The molecule has 1 aromatic carbocycles. The van der Waals surface area contributed by atoms with Crippen molar-refractivity contribution in [2.45, 2.75) is 5.03 Å². The van der Waals surface area contributed by atoms with E-state index < -0.39 is 10.0 Å². The summed E-state index contributed by atoms with van der Waals surface area (Å²) in [5, 5.41) is 8.61. The van der Waals surface area contributed by atoms with Crippen LogP contribution in [0.25, 0.3) is 0 Å². The minimum atomic E-state index is -3.74. The Morgan fingerprint density at radius 1 is 1.44 bits per heavy atom. The normalized spacial score (nSPS) is 10.8. The summed E-state index contributed by atoms with van der Waals surface area (Å²) in [6.07, 6.45) is 2.44. The van der Waals surface area contributed by atoms with Gasteiger partial charge in [-0.25, -0.2) is 4.98 Å². The van der Waals surface area contributed by atoms with Crippen molar-refractivity contribution in [3.63, 3.8) is 0 Å². The summed E-state index contributed by atoms with van der Waals surface area (Å²) in [5.74, 6) is 0. The van der Waals surface area contributed by atoms with Crippen LogP contribution >= 0.6 is 0 Å². The molecule has 0 saturated carbocycles. The van der Waals surface area contributed by atoms with Crippen LogP contribution in [-0.4, -0.2) is 18.4 Å². The second kappa shape index (κ2) is 4.38. The number of nitriles is 1. The first-order chi connectivity index (χ1) is 8.53. The van der Waals surface area contributed by atoms with Gasteiger partial charge < -0.3 is 10.7 Å². The van der Waals surface area contributed by atoms with Crippen molar-refractivity contribution in [1.29, 1.82) is 5.26 Å². The summed E-state index contributed by atoms with van der Waals surface area (Å²) in [5.41, 5.74) is 6.40. The summed E-state index contributed by atoms with van der Waals surface area (Å²) in [4.78, 5) is 6.12. The number of H-pyrrole nitrogens is 1. The van der Waals surface area contributed by atoms with Gasteiger partial charge in [0.15, 0.2) is 5.03 Å². The molecule has 0 amide bonds. The summed E-state index contributed by atoms with van der Waals surface area (Å²) < 4.78 is 26.0. The Hall–Kier alpha value is -2.53. The average Bonchev–Trinajstić information content (AvgIpc) is 2.86. The Morgan fingerprint density at radius 3 is 2.78 bits per heavy atom. The summed E-state index contributed by atoms with van der Waals surface area (Å²) in [6.45, 7) is 0. The summed E-state index contributed by atoms with van der Waals surface area (Å²) in [6, 6.07) is 6.21. The summed E-state index contributed by atoms with van der Waals surface area (Å²) >= 11 is 0. The van der Waals surface area contributed by atoms with Crippen molar-refractivity contribution in [2.75, 3.05) is 10.5 Å². The Kier molecular flexibility index (Phi) is 2.91. The monoisotopic (exact) mass is 263 g/mol. The molecule has 0 radical (unpaired) electrons. The Bertz CT molecular complexity index is 700. The average molecular weight is 263 g/mol. The maximum absolute atomic E-state index is 11.9. The lowest BCUT2D eigenvalue weighted by atomic mass is 10.2. The van der Waals surface area contributed by atoms with E-state index in [1.807, 2.05) is 6.07 Å². The number of nitrogens with two attached hydrogens (primary N) is 1. The van der Waals surface area contributed by atoms with E-state index in [0.717, 1.165) is 0 Å². The van der Waals surface area contributed by atoms with Gasteiger partial charge in [0, 0.05) is 0 Å². The molecule has 4 N–H and O–H groups in total. The van der Waals surface area contributed by atoms with Crippen LogP contribution in [-0.2, 0) is 10.0 Å². The van der Waals surface area contributed by atoms with Crippen LogP contribution in [0.2, 0.25) is 0 Å². The van der Waals surface area contributed by atoms with Crippen LogP contribution in [0.1, 0.15) is 5.56 Å². The lowest BCUT2D eigenvalue weighted by Gasteiger charge is -2.08. The van der Waals surface area contributed by atoms with E-state index in [4.69, 9.17) is 11.0 Å². The number of imidazole rings is 1. The summed E-state index contributed by atoms with van der Waals surface area (Å²) in [7, 11) is -3.74. The standard InChI is InChI=1S/C10H9N5O2S/c11-4-7-1-2-9(8(12)3-7)15-18(16,17)10-5-13-6-14-10/h1-3,5-6,15H,12H2,(H,13,14). The molecular weight excluding hydrogens is 254 g/mol. The minimum Gasteiger partial charge on any atom is -0.397 e. The molecule has 0 saturated heterocycles. The molecule has 0 aliphatic carbocycles. The third kappa shape index (κ3) is 2.26. The van der Waals surface area contributed by atoms with Gasteiger partial charge >= 0.3 is 0 Å².